The number of hydrogen-bond acceptors (Lipinski definition) is 3. The maximum Gasteiger partial charge on any atom is 0.124 e. The first-order chi connectivity index (χ1) is 8.95. The molecule has 0 saturated carbocycles. The van der Waals surface area contributed by atoms with Gasteiger partial charge >= 0.3 is 0 Å². The summed E-state index contributed by atoms with van der Waals surface area (Å²) in [6.45, 7) is 6.16. The molecule has 0 aromatic heterocycles. The first kappa shape index (κ1) is 14.6. The second kappa shape index (κ2) is 5.70. The first-order valence-electron chi connectivity index (χ1n) is 6.62. The minimum atomic E-state index is -0.636. The van der Waals surface area contributed by atoms with E-state index in [-0.39, 0.29) is 24.0 Å². The van der Waals surface area contributed by atoms with Crippen LogP contribution in [0.15, 0.2) is 18.2 Å². The molecule has 5 unspecified atom stereocenters. The quantitative estimate of drug-likeness (QED) is 0.924. The SMILES string of the molecule is COc1ccc(Cl)cc1C(O)C1C(C)OC(C)C1C. The zero-order chi connectivity index (χ0) is 14.2. The highest BCUT2D eigenvalue weighted by atomic mass is 35.5. The molecule has 1 N–H and O–H groups in total. The normalized spacial score (nSPS) is 32.3. The molecule has 5 atom stereocenters. The van der Waals surface area contributed by atoms with Crippen LogP contribution in [0.5, 0.6) is 5.75 Å². The standard InChI is InChI=1S/C15H21ClO3/c1-8-9(2)19-10(3)14(8)15(17)12-7-11(16)5-6-13(12)18-4/h5-10,14-15,17H,1-4H3. The molecule has 1 fully saturated rings. The topological polar surface area (TPSA) is 38.7 Å². The molecule has 0 aliphatic carbocycles. The van der Waals surface area contributed by atoms with Gasteiger partial charge < -0.3 is 14.6 Å². The van der Waals surface area contributed by atoms with Gasteiger partial charge in [0, 0.05) is 16.5 Å². The third kappa shape index (κ3) is 2.73. The van der Waals surface area contributed by atoms with Crippen molar-refractivity contribution in [3.05, 3.63) is 28.8 Å². The zero-order valence-corrected chi connectivity index (χ0v) is 12.5. The van der Waals surface area contributed by atoms with Crippen molar-refractivity contribution in [3.8, 4) is 5.75 Å². The van der Waals surface area contributed by atoms with Crippen molar-refractivity contribution in [1.82, 2.24) is 0 Å². The van der Waals surface area contributed by atoms with Gasteiger partial charge in [0.25, 0.3) is 0 Å². The van der Waals surface area contributed by atoms with Crippen molar-refractivity contribution in [1.29, 1.82) is 0 Å². The monoisotopic (exact) mass is 284 g/mol. The molecule has 1 aromatic carbocycles. The second-order valence-electron chi connectivity index (χ2n) is 5.31. The van der Waals surface area contributed by atoms with E-state index in [4.69, 9.17) is 21.1 Å². The molecule has 0 bridgehead atoms. The highest BCUT2D eigenvalue weighted by Crippen LogP contribution is 2.43. The van der Waals surface area contributed by atoms with Crippen molar-refractivity contribution in [3.63, 3.8) is 0 Å². The molecule has 4 heteroatoms. The Morgan fingerprint density at radius 2 is 1.95 bits per heavy atom. The number of aliphatic hydroxyl groups is 1. The van der Waals surface area contributed by atoms with Crippen LogP contribution in [0.4, 0.5) is 0 Å². The summed E-state index contributed by atoms with van der Waals surface area (Å²) >= 11 is 6.03. The van der Waals surface area contributed by atoms with Gasteiger partial charge in [-0.15, -0.1) is 0 Å². The Labute approximate surface area is 119 Å². The fraction of sp³-hybridized carbons (Fsp3) is 0.600. The van der Waals surface area contributed by atoms with Crippen molar-refractivity contribution < 1.29 is 14.6 Å². The van der Waals surface area contributed by atoms with Crippen LogP contribution < -0.4 is 4.74 Å². The van der Waals surface area contributed by atoms with Crippen molar-refractivity contribution in [2.45, 2.75) is 39.1 Å². The third-order valence-electron chi connectivity index (χ3n) is 4.19. The van der Waals surface area contributed by atoms with Crippen LogP contribution in [0.1, 0.15) is 32.4 Å². The van der Waals surface area contributed by atoms with E-state index >= 15 is 0 Å². The van der Waals surface area contributed by atoms with E-state index < -0.39 is 6.10 Å². The van der Waals surface area contributed by atoms with Crippen LogP contribution in [0.3, 0.4) is 0 Å². The van der Waals surface area contributed by atoms with Gasteiger partial charge in [-0.25, -0.2) is 0 Å². The number of methoxy groups -OCH3 is 1. The van der Waals surface area contributed by atoms with E-state index in [0.717, 1.165) is 5.56 Å². The highest BCUT2D eigenvalue weighted by molar-refractivity contribution is 6.30. The Morgan fingerprint density at radius 1 is 1.26 bits per heavy atom. The number of halogens is 1. The molecular weight excluding hydrogens is 264 g/mol. The Balaban J connectivity index is 2.33. The van der Waals surface area contributed by atoms with Gasteiger partial charge in [-0.2, -0.15) is 0 Å². The lowest BCUT2D eigenvalue weighted by atomic mass is 9.82. The van der Waals surface area contributed by atoms with Gasteiger partial charge in [-0.05, 0) is 38.0 Å². The lowest BCUT2D eigenvalue weighted by Crippen LogP contribution is -2.25. The molecule has 3 nitrogen and oxygen atoms in total. The highest BCUT2D eigenvalue weighted by Gasteiger charge is 2.42. The van der Waals surface area contributed by atoms with Gasteiger partial charge in [-0.1, -0.05) is 18.5 Å². The van der Waals surface area contributed by atoms with Crippen LogP contribution in [0.2, 0.25) is 5.02 Å². The lowest BCUT2D eigenvalue weighted by molar-refractivity contribution is 0.0224. The van der Waals surface area contributed by atoms with Crippen LogP contribution >= 0.6 is 11.6 Å². The first-order valence-corrected chi connectivity index (χ1v) is 7.00. The number of aliphatic hydroxyl groups excluding tert-OH is 1. The molecule has 1 saturated heterocycles. The van der Waals surface area contributed by atoms with Gasteiger partial charge in [0.1, 0.15) is 5.75 Å². The number of benzene rings is 1. The molecule has 19 heavy (non-hydrogen) atoms. The Hall–Kier alpha value is -0.770. The van der Waals surface area contributed by atoms with Crippen LogP contribution in [0, 0.1) is 11.8 Å². The smallest absolute Gasteiger partial charge is 0.124 e. The van der Waals surface area contributed by atoms with E-state index in [0.29, 0.717) is 10.8 Å². The van der Waals surface area contributed by atoms with Crippen molar-refractivity contribution >= 4 is 11.6 Å². The predicted molar refractivity (Wildman–Crippen MR) is 75.6 cm³/mol. The van der Waals surface area contributed by atoms with E-state index in [2.05, 4.69) is 6.92 Å². The Bertz CT molecular complexity index is 449. The predicted octanol–water partition coefficient (Wildman–Crippen LogP) is 3.44. The van der Waals surface area contributed by atoms with Gasteiger partial charge in [-0.3, -0.25) is 0 Å². The molecule has 0 amide bonds. The average Bonchev–Trinajstić information content (AvgIpc) is 2.62. The fourth-order valence-corrected chi connectivity index (χ4v) is 3.16. The lowest BCUT2D eigenvalue weighted by Gasteiger charge is -2.26. The average molecular weight is 285 g/mol. The molecule has 1 aromatic rings. The van der Waals surface area contributed by atoms with Gasteiger partial charge in [0.2, 0.25) is 0 Å². The molecule has 1 heterocycles. The van der Waals surface area contributed by atoms with E-state index in [1.165, 1.54) is 0 Å². The fourth-order valence-electron chi connectivity index (χ4n) is 2.98. The number of rotatable bonds is 3. The summed E-state index contributed by atoms with van der Waals surface area (Å²) in [7, 11) is 1.60. The van der Waals surface area contributed by atoms with Gasteiger partial charge in [0.05, 0.1) is 25.4 Å². The summed E-state index contributed by atoms with van der Waals surface area (Å²) in [6, 6.07) is 5.32. The Kier molecular flexibility index (Phi) is 4.39. The minimum Gasteiger partial charge on any atom is -0.496 e. The molecule has 1 aliphatic heterocycles. The minimum absolute atomic E-state index is 0.0173. The van der Waals surface area contributed by atoms with Crippen LogP contribution in [-0.4, -0.2) is 24.4 Å². The molecule has 0 spiro atoms. The van der Waals surface area contributed by atoms with Crippen LogP contribution in [0.25, 0.3) is 0 Å². The molecule has 2 rings (SSSR count). The summed E-state index contributed by atoms with van der Waals surface area (Å²) in [5.41, 5.74) is 0.733. The van der Waals surface area contributed by atoms with E-state index in [9.17, 15) is 5.11 Å². The largest absolute Gasteiger partial charge is 0.496 e. The van der Waals surface area contributed by atoms with E-state index in [1.54, 1.807) is 25.3 Å². The summed E-state index contributed by atoms with van der Waals surface area (Å²) in [5, 5.41) is 11.3. The number of hydrogen-bond donors (Lipinski definition) is 1. The summed E-state index contributed by atoms with van der Waals surface area (Å²) in [5.74, 6) is 0.993. The zero-order valence-electron chi connectivity index (χ0n) is 11.8. The summed E-state index contributed by atoms with van der Waals surface area (Å²) < 4.78 is 11.1. The number of ether oxygens (including phenoxy) is 2. The maximum atomic E-state index is 10.7. The third-order valence-corrected chi connectivity index (χ3v) is 4.43. The maximum absolute atomic E-state index is 10.7. The van der Waals surface area contributed by atoms with Crippen LogP contribution in [-0.2, 0) is 4.74 Å². The summed E-state index contributed by atoms with van der Waals surface area (Å²) in [4.78, 5) is 0. The molecular formula is C15H21ClO3. The Morgan fingerprint density at radius 3 is 2.47 bits per heavy atom. The molecule has 106 valence electrons. The van der Waals surface area contributed by atoms with Crippen molar-refractivity contribution in [2.24, 2.45) is 11.8 Å². The molecule has 0 radical (unpaired) electrons. The second-order valence-corrected chi connectivity index (χ2v) is 5.75. The van der Waals surface area contributed by atoms with E-state index in [1.807, 2.05) is 13.8 Å². The summed E-state index contributed by atoms with van der Waals surface area (Å²) in [6.07, 6.45) is -0.466. The molecule has 1 aliphatic rings. The van der Waals surface area contributed by atoms with Crippen molar-refractivity contribution in [2.75, 3.05) is 7.11 Å². The van der Waals surface area contributed by atoms with Gasteiger partial charge in [0.15, 0.2) is 0 Å².